The molecule has 0 bridgehead atoms. The van der Waals surface area contributed by atoms with Crippen molar-refractivity contribution in [2.75, 3.05) is 0 Å². The minimum absolute atomic E-state index is 0.119. The van der Waals surface area contributed by atoms with E-state index >= 15 is 0 Å². The summed E-state index contributed by atoms with van der Waals surface area (Å²) in [5.74, 6) is 0.558. The molecule has 1 aromatic rings. The fourth-order valence-electron chi connectivity index (χ4n) is 2.23. The zero-order valence-corrected chi connectivity index (χ0v) is 9.16. The van der Waals surface area contributed by atoms with Gasteiger partial charge in [-0.1, -0.05) is 18.2 Å². The van der Waals surface area contributed by atoms with E-state index in [1.54, 1.807) is 6.07 Å². The molecule has 1 heterocycles. The highest BCUT2D eigenvalue weighted by Crippen LogP contribution is 2.46. The molecule has 17 heavy (non-hydrogen) atoms. The highest BCUT2D eigenvalue weighted by molar-refractivity contribution is 5.65. The first-order chi connectivity index (χ1) is 8.19. The summed E-state index contributed by atoms with van der Waals surface area (Å²) < 4.78 is 34.9. The van der Waals surface area contributed by atoms with Crippen molar-refractivity contribution in [1.82, 2.24) is 0 Å². The minimum atomic E-state index is -2.83. The fourth-order valence-corrected chi connectivity index (χ4v) is 2.23. The maximum Gasteiger partial charge on any atom is 0.387 e. The van der Waals surface area contributed by atoms with Crippen LogP contribution in [0.25, 0.3) is 6.08 Å². The van der Waals surface area contributed by atoms with Gasteiger partial charge in [0.15, 0.2) is 11.5 Å². The summed E-state index contributed by atoms with van der Waals surface area (Å²) in [4.78, 5) is 0. The molecule has 0 unspecified atom stereocenters. The summed E-state index contributed by atoms with van der Waals surface area (Å²) in [6, 6.07) is 5.02. The molecule has 1 fully saturated rings. The van der Waals surface area contributed by atoms with E-state index in [1.807, 2.05) is 18.2 Å². The average molecular weight is 238 g/mol. The maximum atomic E-state index is 12.3. The smallest absolute Gasteiger partial charge is 0.387 e. The molecule has 1 saturated carbocycles. The van der Waals surface area contributed by atoms with Crippen molar-refractivity contribution < 1.29 is 18.3 Å². The fraction of sp³-hybridized carbons (Fsp3) is 0.385. The van der Waals surface area contributed by atoms with Gasteiger partial charge < -0.3 is 9.47 Å². The van der Waals surface area contributed by atoms with Gasteiger partial charge in [0.1, 0.15) is 5.60 Å². The molecule has 4 heteroatoms. The third-order valence-corrected chi connectivity index (χ3v) is 3.30. The molecular weight excluding hydrogens is 226 g/mol. The summed E-state index contributed by atoms with van der Waals surface area (Å²) in [7, 11) is 0. The Labute approximate surface area is 97.8 Å². The molecule has 1 aliphatic carbocycles. The lowest BCUT2D eigenvalue weighted by atomic mass is 9.78. The van der Waals surface area contributed by atoms with Gasteiger partial charge in [-0.2, -0.15) is 8.78 Å². The Morgan fingerprint density at radius 1 is 1.29 bits per heavy atom. The van der Waals surface area contributed by atoms with Crippen molar-refractivity contribution >= 4 is 6.08 Å². The summed E-state index contributed by atoms with van der Waals surface area (Å²) in [6.45, 7) is -2.83. The first-order valence-corrected chi connectivity index (χ1v) is 5.65. The average Bonchev–Trinajstić information content (AvgIpc) is 2.26. The van der Waals surface area contributed by atoms with Crippen LogP contribution in [-0.2, 0) is 0 Å². The molecule has 0 radical (unpaired) electrons. The second-order valence-electron chi connectivity index (χ2n) is 4.41. The SMILES string of the molecule is FC(F)Oc1cccc2c1OC1(C=C2)CCC1. The molecule has 1 aliphatic heterocycles. The third kappa shape index (κ3) is 1.77. The second kappa shape index (κ2) is 3.72. The topological polar surface area (TPSA) is 18.5 Å². The lowest BCUT2D eigenvalue weighted by molar-refractivity contribution is -0.0549. The van der Waals surface area contributed by atoms with Crippen LogP contribution in [0.3, 0.4) is 0 Å². The van der Waals surface area contributed by atoms with Crippen LogP contribution in [0, 0.1) is 0 Å². The molecule has 2 aliphatic rings. The molecule has 3 rings (SSSR count). The molecule has 0 N–H and O–H groups in total. The van der Waals surface area contributed by atoms with Crippen LogP contribution in [0.4, 0.5) is 8.78 Å². The lowest BCUT2D eigenvalue weighted by Crippen LogP contribution is -2.42. The van der Waals surface area contributed by atoms with Crippen molar-refractivity contribution in [3.8, 4) is 11.5 Å². The summed E-state index contributed by atoms with van der Waals surface area (Å²) >= 11 is 0. The normalized spacial score (nSPS) is 19.7. The van der Waals surface area contributed by atoms with E-state index in [-0.39, 0.29) is 11.4 Å². The van der Waals surface area contributed by atoms with Gasteiger partial charge in [0.2, 0.25) is 0 Å². The van der Waals surface area contributed by atoms with Gasteiger partial charge in [0.05, 0.1) is 0 Å². The number of benzene rings is 1. The second-order valence-corrected chi connectivity index (χ2v) is 4.41. The number of ether oxygens (including phenoxy) is 2. The predicted octanol–water partition coefficient (Wildman–Crippen LogP) is 3.62. The van der Waals surface area contributed by atoms with Crippen molar-refractivity contribution in [2.45, 2.75) is 31.5 Å². The summed E-state index contributed by atoms with van der Waals surface area (Å²) in [5.41, 5.74) is 0.509. The Balaban J connectivity index is 1.96. The van der Waals surface area contributed by atoms with E-state index in [4.69, 9.17) is 4.74 Å². The Bertz CT molecular complexity index is 464. The van der Waals surface area contributed by atoms with E-state index in [9.17, 15) is 8.78 Å². The predicted molar refractivity (Wildman–Crippen MR) is 59.3 cm³/mol. The van der Waals surface area contributed by atoms with Gasteiger partial charge in [-0.15, -0.1) is 0 Å². The van der Waals surface area contributed by atoms with Crippen molar-refractivity contribution in [1.29, 1.82) is 0 Å². The first-order valence-electron chi connectivity index (χ1n) is 5.65. The first kappa shape index (κ1) is 10.6. The van der Waals surface area contributed by atoms with E-state index in [0.717, 1.165) is 24.8 Å². The van der Waals surface area contributed by atoms with Crippen LogP contribution in [0.2, 0.25) is 0 Å². The van der Waals surface area contributed by atoms with Crippen molar-refractivity contribution in [3.05, 3.63) is 29.8 Å². The van der Waals surface area contributed by atoms with Gasteiger partial charge in [-0.05, 0) is 31.4 Å². The number of halogens is 2. The van der Waals surface area contributed by atoms with Crippen LogP contribution in [-0.4, -0.2) is 12.2 Å². The standard InChI is InChI=1S/C13H12F2O2/c14-12(15)16-10-4-1-3-9-5-8-13(6-2-7-13)17-11(9)10/h1,3-5,8,12H,2,6-7H2. The third-order valence-electron chi connectivity index (χ3n) is 3.30. The van der Waals surface area contributed by atoms with Crippen LogP contribution in [0.15, 0.2) is 24.3 Å². The number of alkyl halides is 2. The van der Waals surface area contributed by atoms with Crippen molar-refractivity contribution in [2.24, 2.45) is 0 Å². The zero-order chi connectivity index (χ0) is 11.9. The molecule has 90 valence electrons. The van der Waals surface area contributed by atoms with Crippen LogP contribution >= 0.6 is 0 Å². The Kier molecular flexibility index (Phi) is 2.31. The van der Waals surface area contributed by atoms with Crippen LogP contribution in [0.5, 0.6) is 11.5 Å². The lowest BCUT2D eigenvalue weighted by Gasteiger charge is -2.42. The van der Waals surface area contributed by atoms with Gasteiger partial charge in [-0.25, -0.2) is 0 Å². The minimum Gasteiger partial charge on any atom is -0.479 e. The molecule has 0 saturated heterocycles. The number of para-hydroxylation sites is 1. The van der Waals surface area contributed by atoms with Crippen molar-refractivity contribution in [3.63, 3.8) is 0 Å². The molecule has 2 nitrogen and oxygen atoms in total. The molecule has 1 spiro atoms. The number of hydrogen-bond acceptors (Lipinski definition) is 2. The van der Waals surface area contributed by atoms with E-state index in [2.05, 4.69) is 4.74 Å². The van der Waals surface area contributed by atoms with Gasteiger partial charge in [-0.3, -0.25) is 0 Å². The molecule has 0 aromatic heterocycles. The number of hydrogen-bond donors (Lipinski definition) is 0. The van der Waals surface area contributed by atoms with Gasteiger partial charge in [0, 0.05) is 5.56 Å². The Hall–Kier alpha value is -1.58. The number of rotatable bonds is 2. The monoisotopic (exact) mass is 238 g/mol. The molecule has 1 aromatic carbocycles. The largest absolute Gasteiger partial charge is 0.479 e. The van der Waals surface area contributed by atoms with Crippen LogP contribution < -0.4 is 9.47 Å². The Morgan fingerprint density at radius 2 is 2.12 bits per heavy atom. The Morgan fingerprint density at radius 3 is 2.76 bits per heavy atom. The highest BCUT2D eigenvalue weighted by atomic mass is 19.3. The van der Waals surface area contributed by atoms with E-state index < -0.39 is 6.61 Å². The quantitative estimate of drug-likeness (QED) is 0.783. The molecular formula is C13H12F2O2. The van der Waals surface area contributed by atoms with E-state index in [0.29, 0.717) is 5.75 Å². The van der Waals surface area contributed by atoms with E-state index in [1.165, 1.54) is 6.07 Å². The maximum absolute atomic E-state index is 12.3. The highest BCUT2D eigenvalue weighted by Gasteiger charge is 2.40. The van der Waals surface area contributed by atoms with Crippen LogP contribution in [0.1, 0.15) is 24.8 Å². The molecule has 0 atom stereocenters. The van der Waals surface area contributed by atoms with Gasteiger partial charge in [0.25, 0.3) is 0 Å². The summed E-state index contributed by atoms with van der Waals surface area (Å²) in [6.07, 6.45) is 6.93. The zero-order valence-electron chi connectivity index (χ0n) is 9.16. The number of fused-ring (bicyclic) bond motifs is 1. The molecule has 0 amide bonds. The summed E-state index contributed by atoms with van der Waals surface area (Å²) in [5, 5.41) is 0. The van der Waals surface area contributed by atoms with Gasteiger partial charge >= 0.3 is 6.61 Å².